The zero-order valence-corrected chi connectivity index (χ0v) is 12.2. The largest absolute Gasteiger partial charge is 0.481 e. The first-order chi connectivity index (χ1) is 10.1. The van der Waals surface area contributed by atoms with Gasteiger partial charge in [-0.15, -0.1) is 0 Å². The molecule has 1 aliphatic rings. The summed E-state index contributed by atoms with van der Waals surface area (Å²) in [6.07, 6.45) is 3.79. The molecule has 1 aromatic heterocycles. The van der Waals surface area contributed by atoms with Crippen molar-refractivity contribution >= 4 is 11.9 Å². The molecule has 0 unspecified atom stereocenters. The van der Waals surface area contributed by atoms with E-state index in [1.54, 1.807) is 17.2 Å². The lowest BCUT2D eigenvalue weighted by atomic mass is 10.1. The highest BCUT2D eigenvalue weighted by atomic mass is 16.5. The number of hydrogen-bond donors (Lipinski definition) is 1. The van der Waals surface area contributed by atoms with E-state index in [-0.39, 0.29) is 25.0 Å². The summed E-state index contributed by atoms with van der Waals surface area (Å²) < 4.78 is 10.8. The SMILES string of the molecule is CCc1occc1C(=O)N1CCC(OCCC(=O)O)CC1. The summed E-state index contributed by atoms with van der Waals surface area (Å²) >= 11 is 0. The molecule has 21 heavy (non-hydrogen) atoms. The molecule has 1 saturated heterocycles. The summed E-state index contributed by atoms with van der Waals surface area (Å²) in [7, 11) is 0. The van der Waals surface area contributed by atoms with Crippen molar-refractivity contribution in [2.45, 2.75) is 38.7 Å². The van der Waals surface area contributed by atoms with Gasteiger partial charge in [0, 0.05) is 19.5 Å². The minimum absolute atomic E-state index is 0.00425. The Hall–Kier alpha value is -1.82. The Morgan fingerprint density at radius 3 is 2.76 bits per heavy atom. The number of carboxylic acids is 1. The molecule has 1 aromatic rings. The standard InChI is InChI=1S/C15H21NO5/c1-2-13-12(5-9-21-13)15(19)16-7-3-11(4-8-16)20-10-6-14(17)18/h5,9,11H,2-4,6-8,10H2,1H3,(H,17,18). The maximum Gasteiger partial charge on any atom is 0.305 e. The van der Waals surface area contributed by atoms with Crippen LogP contribution in [0.15, 0.2) is 16.7 Å². The van der Waals surface area contributed by atoms with Gasteiger partial charge < -0.3 is 19.2 Å². The first-order valence-electron chi connectivity index (χ1n) is 7.30. The third kappa shape index (κ3) is 4.07. The second-order valence-corrected chi connectivity index (χ2v) is 5.12. The minimum atomic E-state index is -0.852. The number of hydrogen-bond acceptors (Lipinski definition) is 4. The topological polar surface area (TPSA) is 80.0 Å². The third-order valence-corrected chi connectivity index (χ3v) is 3.70. The van der Waals surface area contributed by atoms with Gasteiger partial charge in [0.1, 0.15) is 5.76 Å². The predicted molar refractivity (Wildman–Crippen MR) is 75.2 cm³/mol. The molecule has 0 aromatic carbocycles. The molecule has 0 aliphatic carbocycles. The second-order valence-electron chi connectivity index (χ2n) is 5.12. The van der Waals surface area contributed by atoms with Crippen molar-refractivity contribution in [2.24, 2.45) is 0 Å². The molecule has 0 bridgehead atoms. The van der Waals surface area contributed by atoms with Gasteiger partial charge in [-0.25, -0.2) is 0 Å². The van der Waals surface area contributed by atoms with E-state index in [1.807, 2.05) is 6.92 Å². The maximum atomic E-state index is 12.4. The van der Waals surface area contributed by atoms with E-state index in [1.165, 1.54) is 0 Å². The molecule has 0 spiro atoms. The van der Waals surface area contributed by atoms with Crippen LogP contribution >= 0.6 is 0 Å². The van der Waals surface area contributed by atoms with E-state index in [4.69, 9.17) is 14.3 Å². The normalized spacial score (nSPS) is 16.1. The number of carboxylic acid groups (broad SMARTS) is 1. The molecule has 2 rings (SSSR count). The van der Waals surface area contributed by atoms with Gasteiger partial charge in [0.25, 0.3) is 5.91 Å². The Labute approximate surface area is 123 Å². The average Bonchev–Trinajstić information content (AvgIpc) is 2.95. The lowest BCUT2D eigenvalue weighted by Crippen LogP contribution is -2.41. The van der Waals surface area contributed by atoms with Crippen LogP contribution in [-0.2, 0) is 16.0 Å². The number of rotatable bonds is 6. The summed E-state index contributed by atoms with van der Waals surface area (Å²) in [5.41, 5.74) is 0.641. The Morgan fingerprint density at radius 2 is 2.14 bits per heavy atom. The van der Waals surface area contributed by atoms with Gasteiger partial charge in [-0.1, -0.05) is 6.92 Å². The molecule has 0 saturated carbocycles. The number of carbonyl (C=O) groups is 2. The van der Waals surface area contributed by atoms with Gasteiger partial charge in [-0.05, 0) is 18.9 Å². The third-order valence-electron chi connectivity index (χ3n) is 3.70. The van der Waals surface area contributed by atoms with Gasteiger partial charge >= 0.3 is 5.97 Å². The number of nitrogens with zero attached hydrogens (tertiary/aromatic N) is 1. The fourth-order valence-electron chi connectivity index (χ4n) is 2.51. The number of carbonyl (C=O) groups excluding carboxylic acids is 1. The molecular formula is C15H21NO5. The molecule has 116 valence electrons. The maximum absolute atomic E-state index is 12.4. The van der Waals surface area contributed by atoms with Gasteiger partial charge in [-0.3, -0.25) is 9.59 Å². The molecule has 1 N–H and O–H groups in total. The molecule has 6 heteroatoms. The number of amides is 1. The summed E-state index contributed by atoms with van der Waals surface area (Å²) in [5.74, 6) is -0.126. The number of aryl methyl sites for hydroxylation is 1. The van der Waals surface area contributed by atoms with Crippen molar-refractivity contribution in [1.29, 1.82) is 0 Å². The van der Waals surface area contributed by atoms with E-state index in [2.05, 4.69) is 0 Å². The van der Waals surface area contributed by atoms with Crippen LogP contribution in [0.5, 0.6) is 0 Å². The molecule has 1 amide bonds. The number of aliphatic carboxylic acids is 1. The highest BCUT2D eigenvalue weighted by Gasteiger charge is 2.26. The van der Waals surface area contributed by atoms with Crippen LogP contribution in [0.1, 0.15) is 42.3 Å². The van der Waals surface area contributed by atoms with E-state index in [9.17, 15) is 9.59 Å². The number of likely N-dealkylation sites (tertiary alicyclic amines) is 1. The molecule has 0 atom stereocenters. The molecule has 6 nitrogen and oxygen atoms in total. The highest BCUT2D eigenvalue weighted by Crippen LogP contribution is 2.19. The number of piperidine rings is 1. The molecule has 1 aliphatic heterocycles. The van der Waals surface area contributed by atoms with Gasteiger partial charge in [-0.2, -0.15) is 0 Å². The first-order valence-corrected chi connectivity index (χ1v) is 7.30. The fourth-order valence-corrected chi connectivity index (χ4v) is 2.51. The Bertz CT molecular complexity index is 488. The number of furan rings is 1. The summed E-state index contributed by atoms with van der Waals surface area (Å²) in [6, 6.07) is 1.72. The minimum Gasteiger partial charge on any atom is -0.481 e. The van der Waals surface area contributed by atoms with Crippen LogP contribution < -0.4 is 0 Å². The van der Waals surface area contributed by atoms with Gasteiger partial charge in [0.2, 0.25) is 0 Å². The molecule has 1 fully saturated rings. The highest BCUT2D eigenvalue weighted by molar-refractivity contribution is 5.95. The average molecular weight is 295 g/mol. The van der Waals surface area contributed by atoms with Crippen molar-refractivity contribution in [3.05, 3.63) is 23.7 Å². The quantitative estimate of drug-likeness (QED) is 0.867. The van der Waals surface area contributed by atoms with Crippen LogP contribution in [-0.4, -0.2) is 47.7 Å². The lowest BCUT2D eigenvalue weighted by Gasteiger charge is -2.31. The lowest BCUT2D eigenvalue weighted by molar-refractivity contribution is -0.138. The summed E-state index contributed by atoms with van der Waals surface area (Å²) in [6.45, 7) is 3.45. The van der Waals surface area contributed by atoms with E-state index >= 15 is 0 Å². The van der Waals surface area contributed by atoms with Crippen molar-refractivity contribution in [3.8, 4) is 0 Å². The summed E-state index contributed by atoms with van der Waals surface area (Å²) in [5, 5.41) is 8.57. The fraction of sp³-hybridized carbons (Fsp3) is 0.600. The van der Waals surface area contributed by atoms with Crippen molar-refractivity contribution in [2.75, 3.05) is 19.7 Å². The molecule has 2 heterocycles. The van der Waals surface area contributed by atoms with Crippen LogP contribution in [0.25, 0.3) is 0 Å². The van der Waals surface area contributed by atoms with E-state index in [0.717, 1.165) is 18.6 Å². The molecular weight excluding hydrogens is 274 g/mol. The second kappa shape index (κ2) is 7.26. The Kier molecular flexibility index (Phi) is 5.38. The van der Waals surface area contributed by atoms with E-state index in [0.29, 0.717) is 25.1 Å². The van der Waals surface area contributed by atoms with Crippen LogP contribution in [0.2, 0.25) is 0 Å². The van der Waals surface area contributed by atoms with Crippen molar-refractivity contribution in [1.82, 2.24) is 4.90 Å². The van der Waals surface area contributed by atoms with Crippen LogP contribution in [0.4, 0.5) is 0 Å². The first kappa shape index (κ1) is 15.6. The predicted octanol–water partition coefficient (Wildman–Crippen LogP) is 1.94. The molecule has 0 radical (unpaired) electrons. The van der Waals surface area contributed by atoms with Crippen molar-refractivity contribution < 1.29 is 23.8 Å². The zero-order valence-electron chi connectivity index (χ0n) is 12.2. The van der Waals surface area contributed by atoms with Crippen LogP contribution in [0, 0.1) is 0 Å². The van der Waals surface area contributed by atoms with Crippen molar-refractivity contribution in [3.63, 3.8) is 0 Å². The Morgan fingerprint density at radius 1 is 1.43 bits per heavy atom. The Balaban J connectivity index is 1.81. The van der Waals surface area contributed by atoms with Gasteiger partial charge in [0.05, 0.1) is 31.0 Å². The van der Waals surface area contributed by atoms with Gasteiger partial charge in [0.15, 0.2) is 0 Å². The monoisotopic (exact) mass is 295 g/mol. The van der Waals surface area contributed by atoms with Crippen LogP contribution in [0.3, 0.4) is 0 Å². The zero-order chi connectivity index (χ0) is 15.2. The smallest absolute Gasteiger partial charge is 0.305 e. The number of ether oxygens (including phenoxy) is 1. The summed E-state index contributed by atoms with van der Waals surface area (Å²) in [4.78, 5) is 24.6. The van der Waals surface area contributed by atoms with E-state index < -0.39 is 5.97 Å².